The van der Waals surface area contributed by atoms with Crippen molar-refractivity contribution in [1.29, 1.82) is 0 Å². The lowest BCUT2D eigenvalue weighted by Crippen LogP contribution is -2.26. The van der Waals surface area contributed by atoms with Crippen molar-refractivity contribution in [2.24, 2.45) is 11.8 Å². The van der Waals surface area contributed by atoms with Crippen LogP contribution in [-0.2, 0) is 0 Å². The van der Waals surface area contributed by atoms with E-state index in [1.54, 1.807) is 6.92 Å². The van der Waals surface area contributed by atoms with Gasteiger partial charge < -0.3 is 5.11 Å². The molecule has 0 amide bonds. The monoisotopic (exact) mass is 230 g/mol. The first-order valence-electron chi connectivity index (χ1n) is 6.67. The molecule has 2 aliphatic rings. The van der Waals surface area contributed by atoms with E-state index in [0.29, 0.717) is 11.8 Å². The molecule has 0 aromatic rings. The topological polar surface area (TPSA) is 20.2 Å². The van der Waals surface area contributed by atoms with E-state index in [1.807, 2.05) is 13.8 Å². The molecule has 0 bridgehead atoms. The van der Waals surface area contributed by atoms with Gasteiger partial charge in [-0.25, -0.2) is 4.39 Å². The summed E-state index contributed by atoms with van der Waals surface area (Å²) in [6.45, 7) is 7.76. The highest BCUT2D eigenvalue weighted by Gasteiger charge is 2.35. The van der Waals surface area contributed by atoms with Crippen LogP contribution < -0.4 is 0 Å². The third kappa shape index (κ3) is 3.44. The van der Waals surface area contributed by atoms with Crippen LogP contribution in [-0.4, -0.2) is 16.4 Å². The Morgan fingerprint density at radius 3 is 1.62 bits per heavy atom. The van der Waals surface area contributed by atoms with Crippen LogP contribution in [0, 0.1) is 11.8 Å². The molecule has 2 rings (SSSR count). The lowest BCUT2D eigenvalue weighted by molar-refractivity contribution is 0.0284. The normalized spacial score (nSPS) is 47.6. The van der Waals surface area contributed by atoms with Gasteiger partial charge in [-0.05, 0) is 57.8 Å². The second-order valence-electron chi connectivity index (χ2n) is 6.22. The lowest BCUT2D eigenvalue weighted by Gasteiger charge is -2.20. The summed E-state index contributed by atoms with van der Waals surface area (Å²) >= 11 is 0. The quantitative estimate of drug-likeness (QED) is 0.664. The molecule has 0 unspecified atom stereocenters. The highest BCUT2D eigenvalue weighted by Crippen LogP contribution is 2.37. The largest absolute Gasteiger partial charge is 0.390 e. The zero-order chi connectivity index (χ0) is 12.4. The summed E-state index contributed by atoms with van der Waals surface area (Å²) < 4.78 is 13.0. The Labute approximate surface area is 99.4 Å². The molecule has 2 heteroatoms. The number of hydrogen-bond acceptors (Lipinski definition) is 1. The van der Waals surface area contributed by atoms with Gasteiger partial charge >= 0.3 is 0 Å². The van der Waals surface area contributed by atoms with Gasteiger partial charge in [-0.1, -0.05) is 20.3 Å². The number of alkyl halides is 1. The predicted octanol–water partition coefficient (Wildman–Crippen LogP) is 4.09. The molecule has 0 saturated heterocycles. The van der Waals surface area contributed by atoms with E-state index in [4.69, 9.17) is 0 Å². The average molecular weight is 230 g/mol. The summed E-state index contributed by atoms with van der Waals surface area (Å²) in [4.78, 5) is 0. The van der Waals surface area contributed by atoms with Crippen molar-refractivity contribution in [2.45, 2.75) is 77.5 Å². The molecular weight excluding hydrogens is 203 g/mol. The average Bonchev–Trinajstić information content (AvgIpc) is 2.60. The standard InChI is InChI=1S/C7H13F.C7H14O/c2*1-6-4-3-5-7(6,2)8/h6H,3-5H2,1-2H3;6,8H,3-5H2,1-2H3/t6-,7+;6-,7-/m11/s1. The van der Waals surface area contributed by atoms with E-state index in [2.05, 4.69) is 6.92 Å². The highest BCUT2D eigenvalue weighted by atomic mass is 19.1. The van der Waals surface area contributed by atoms with Gasteiger partial charge in [0.1, 0.15) is 5.67 Å². The second-order valence-corrected chi connectivity index (χ2v) is 6.22. The minimum absolute atomic E-state index is 0.294. The smallest absolute Gasteiger partial charge is 0.110 e. The van der Waals surface area contributed by atoms with E-state index in [1.165, 1.54) is 12.8 Å². The van der Waals surface area contributed by atoms with Crippen LogP contribution in [0.15, 0.2) is 0 Å². The van der Waals surface area contributed by atoms with Crippen molar-refractivity contribution in [3.8, 4) is 0 Å². The fraction of sp³-hybridized carbons (Fsp3) is 1.00. The minimum atomic E-state index is -0.847. The van der Waals surface area contributed by atoms with Gasteiger partial charge in [-0.3, -0.25) is 0 Å². The van der Waals surface area contributed by atoms with E-state index in [0.717, 1.165) is 25.7 Å². The first kappa shape index (κ1) is 14.0. The zero-order valence-corrected chi connectivity index (χ0v) is 11.2. The van der Waals surface area contributed by atoms with Gasteiger partial charge in [-0.15, -0.1) is 0 Å². The summed E-state index contributed by atoms with van der Waals surface area (Å²) in [7, 11) is 0. The van der Waals surface area contributed by atoms with Crippen LogP contribution in [0.1, 0.15) is 66.2 Å². The van der Waals surface area contributed by atoms with Gasteiger partial charge in [0.25, 0.3) is 0 Å². The first-order valence-corrected chi connectivity index (χ1v) is 6.67. The Bertz CT molecular complexity index is 199. The van der Waals surface area contributed by atoms with Crippen molar-refractivity contribution in [3.05, 3.63) is 0 Å². The molecule has 4 atom stereocenters. The molecule has 1 N–H and O–H groups in total. The molecule has 2 aliphatic carbocycles. The molecule has 96 valence electrons. The fourth-order valence-corrected chi connectivity index (χ4v) is 2.62. The maximum absolute atomic E-state index is 13.0. The molecule has 16 heavy (non-hydrogen) atoms. The van der Waals surface area contributed by atoms with Gasteiger partial charge in [0, 0.05) is 0 Å². The van der Waals surface area contributed by atoms with Crippen molar-refractivity contribution in [3.63, 3.8) is 0 Å². The summed E-state index contributed by atoms with van der Waals surface area (Å²) in [5, 5.41) is 9.46. The predicted molar refractivity (Wildman–Crippen MR) is 66.2 cm³/mol. The Kier molecular flexibility index (Phi) is 4.39. The van der Waals surface area contributed by atoms with Gasteiger partial charge in [0.2, 0.25) is 0 Å². The third-order valence-corrected chi connectivity index (χ3v) is 4.71. The minimum Gasteiger partial charge on any atom is -0.390 e. The molecule has 0 aromatic carbocycles. The first-order chi connectivity index (χ1) is 7.26. The number of hydrogen-bond donors (Lipinski definition) is 1. The maximum Gasteiger partial charge on any atom is 0.110 e. The Hall–Kier alpha value is -0.110. The van der Waals surface area contributed by atoms with E-state index >= 15 is 0 Å². The molecule has 0 aromatic heterocycles. The molecule has 2 saturated carbocycles. The van der Waals surface area contributed by atoms with Gasteiger partial charge in [0.05, 0.1) is 5.60 Å². The molecule has 2 fully saturated rings. The molecule has 0 heterocycles. The summed E-state index contributed by atoms with van der Waals surface area (Å²) in [6, 6.07) is 0. The maximum atomic E-state index is 13.0. The van der Waals surface area contributed by atoms with E-state index < -0.39 is 5.67 Å². The third-order valence-electron chi connectivity index (χ3n) is 4.71. The van der Waals surface area contributed by atoms with Crippen LogP contribution in [0.3, 0.4) is 0 Å². The SMILES string of the molecule is C[C@@H]1CCC[C@@]1(C)O.C[C@@H]1CCC[C@]1(C)F. The highest BCUT2D eigenvalue weighted by molar-refractivity contribution is 4.86. The van der Waals surface area contributed by atoms with E-state index in [-0.39, 0.29) is 5.60 Å². The Morgan fingerprint density at radius 2 is 1.50 bits per heavy atom. The molecule has 0 aliphatic heterocycles. The van der Waals surface area contributed by atoms with Gasteiger partial charge in [-0.2, -0.15) is 0 Å². The van der Waals surface area contributed by atoms with Crippen molar-refractivity contribution < 1.29 is 9.50 Å². The zero-order valence-electron chi connectivity index (χ0n) is 11.2. The summed E-state index contributed by atoms with van der Waals surface area (Å²) in [5.74, 6) is 0.810. The number of aliphatic hydroxyl groups is 1. The molecule has 0 spiro atoms. The number of halogens is 1. The Morgan fingerprint density at radius 1 is 1.00 bits per heavy atom. The summed E-state index contributed by atoms with van der Waals surface area (Å²) in [6.07, 6.45) is 6.32. The van der Waals surface area contributed by atoms with Crippen molar-refractivity contribution >= 4 is 0 Å². The molecule has 0 radical (unpaired) electrons. The molecular formula is C14H27FO. The Balaban J connectivity index is 0.000000160. The molecule has 1 nitrogen and oxygen atoms in total. The lowest BCUT2D eigenvalue weighted by atomic mass is 9.95. The number of rotatable bonds is 0. The van der Waals surface area contributed by atoms with Crippen LogP contribution in [0.25, 0.3) is 0 Å². The van der Waals surface area contributed by atoms with Crippen molar-refractivity contribution in [1.82, 2.24) is 0 Å². The van der Waals surface area contributed by atoms with Gasteiger partial charge in [0.15, 0.2) is 0 Å². The van der Waals surface area contributed by atoms with Crippen LogP contribution in [0.2, 0.25) is 0 Å². The van der Waals surface area contributed by atoms with Crippen LogP contribution in [0.4, 0.5) is 4.39 Å². The van der Waals surface area contributed by atoms with Crippen LogP contribution in [0.5, 0.6) is 0 Å². The fourth-order valence-electron chi connectivity index (χ4n) is 2.62. The van der Waals surface area contributed by atoms with Crippen LogP contribution >= 0.6 is 0 Å². The van der Waals surface area contributed by atoms with E-state index in [9.17, 15) is 9.50 Å². The van der Waals surface area contributed by atoms with Crippen molar-refractivity contribution in [2.75, 3.05) is 0 Å². The summed E-state index contributed by atoms with van der Waals surface area (Å²) in [5.41, 5.74) is -1.19. The second kappa shape index (κ2) is 5.03.